The molecule has 2 N–H and O–H groups in total. The second-order valence-corrected chi connectivity index (χ2v) is 9.33. The zero-order valence-corrected chi connectivity index (χ0v) is 21.7. The SMILES string of the molecule is CN(C)C(=O)CN(C(=O)c1ccccc1)c1ccc(N/C(=C2\C(=O)Nc3ccccc32)c2ccccc2)cc1. The lowest BCUT2D eigenvalue weighted by molar-refractivity contribution is -0.127. The number of amides is 3. The predicted octanol–water partition coefficient (Wildman–Crippen LogP) is 5.35. The number of hydrogen-bond donors (Lipinski definition) is 2. The van der Waals surface area contributed by atoms with E-state index in [0.717, 1.165) is 22.5 Å². The van der Waals surface area contributed by atoms with Crippen molar-refractivity contribution in [3.63, 3.8) is 0 Å². The van der Waals surface area contributed by atoms with Crippen molar-refractivity contribution >= 4 is 46.1 Å². The van der Waals surface area contributed by atoms with E-state index in [1.807, 2.05) is 72.8 Å². The number of nitrogens with one attached hydrogen (secondary N) is 2. The number of anilines is 3. The Kier molecular flexibility index (Phi) is 7.23. The summed E-state index contributed by atoms with van der Waals surface area (Å²) in [4.78, 5) is 41.9. The Morgan fingerprint density at radius 2 is 1.33 bits per heavy atom. The molecular formula is C32H28N4O3. The van der Waals surface area contributed by atoms with Crippen molar-refractivity contribution in [3.8, 4) is 0 Å². The lowest BCUT2D eigenvalue weighted by atomic mass is 10.00. The van der Waals surface area contributed by atoms with E-state index in [-0.39, 0.29) is 24.3 Å². The average Bonchev–Trinajstić information content (AvgIpc) is 3.30. The van der Waals surface area contributed by atoms with E-state index in [2.05, 4.69) is 10.6 Å². The molecule has 7 heteroatoms. The number of carbonyl (C=O) groups is 3. The summed E-state index contributed by atoms with van der Waals surface area (Å²) >= 11 is 0. The van der Waals surface area contributed by atoms with Crippen molar-refractivity contribution in [2.24, 2.45) is 0 Å². The van der Waals surface area contributed by atoms with Gasteiger partial charge in [-0.3, -0.25) is 19.3 Å². The molecule has 39 heavy (non-hydrogen) atoms. The Morgan fingerprint density at radius 3 is 1.97 bits per heavy atom. The Morgan fingerprint density at radius 1 is 0.744 bits per heavy atom. The number of hydrogen-bond acceptors (Lipinski definition) is 4. The molecule has 1 aliphatic rings. The molecule has 5 rings (SSSR count). The van der Waals surface area contributed by atoms with Gasteiger partial charge in [-0.15, -0.1) is 0 Å². The summed E-state index contributed by atoms with van der Waals surface area (Å²) in [6, 6.07) is 33.4. The highest BCUT2D eigenvalue weighted by Gasteiger charge is 2.28. The van der Waals surface area contributed by atoms with E-state index in [1.165, 1.54) is 9.80 Å². The summed E-state index contributed by atoms with van der Waals surface area (Å²) in [5, 5.41) is 6.38. The van der Waals surface area contributed by atoms with Crippen molar-refractivity contribution in [1.29, 1.82) is 0 Å². The fourth-order valence-electron chi connectivity index (χ4n) is 4.41. The minimum Gasteiger partial charge on any atom is -0.354 e. The molecule has 0 atom stereocenters. The highest BCUT2D eigenvalue weighted by Crippen LogP contribution is 2.37. The molecule has 0 fully saturated rings. The molecule has 7 nitrogen and oxygen atoms in total. The van der Waals surface area contributed by atoms with Gasteiger partial charge in [-0.2, -0.15) is 0 Å². The van der Waals surface area contributed by atoms with Crippen LogP contribution < -0.4 is 15.5 Å². The van der Waals surface area contributed by atoms with E-state index < -0.39 is 0 Å². The first kappa shape index (κ1) is 25.5. The van der Waals surface area contributed by atoms with Crippen molar-refractivity contribution in [2.75, 3.05) is 36.2 Å². The van der Waals surface area contributed by atoms with Gasteiger partial charge in [-0.25, -0.2) is 0 Å². The highest BCUT2D eigenvalue weighted by molar-refractivity contribution is 6.37. The van der Waals surface area contributed by atoms with E-state index in [1.54, 1.807) is 50.5 Å². The molecule has 0 bridgehead atoms. The standard InChI is InChI=1S/C32H28N4O3/c1-35(2)28(37)21-36(32(39)23-13-7-4-8-14-23)25-19-17-24(18-20-25)33-30(22-11-5-3-6-12-22)29-26-15-9-10-16-27(26)34-31(29)38/h3-20,33H,21H2,1-2H3,(H,34,38)/b30-29-. The maximum Gasteiger partial charge on any atom is 0.258 e. The second kappa shape index (κ2) is 11.1. The van der Waals surface area contributed by atoms with Crippen LogP contribution in [-0.2, 0) is 9.59 Å². The molecule has 0 unspecified atom stereocenters. The van der Waals surface area contributed by atoms with Crippen LogP contribution in [0.25, 0.3) is 11.3 Å². The van der Waals surface area contributed by atoms with Crippen LogP contribution in [0.5, 0.6) is 0 Å². The van der Waals surface area contributed by atoms with Crippen LogP contribution in [0, 0.1) is 0 Å². The van der Waals surface area contributed by atoms with Gasteiger partial charge in [-0.05, 0) is 48.0 Å². The van der Waals surface area contributed by atoms with Gasteiger partial charge in [0.15, 0.2) is 0 Å². The molecule has 0 saturated heterocycles. The Hall–Kier alpha value is -5.17. The van der Waals surface area contributed by atoms with Crippen molar-refractivity contribution in [2.45, 2.75) is 0 Å². The molecule has 0 radical (unpaired) electrons. The Balaban J connectivity index is 1.50. The van der Waals surface area contributed by atoms with Crippen LogP contribution in [0.15, 0.2) is 109 Å². The molecule has 1 heterocycles. The van der Waals surface area contributed by atoms with Gasteiger partial charge >= 0.3 is 0 Å². The number of rotatable bonds is 7. The smallest absolute Gasteiger partial charge is 0.258 e. The van der Waals surface area contributed by atoms with Gasteiger partial charge in [0.25, 0.3) is 11.8 Å². The summed E-state index contributed by atoms with van der Waals surface area (Å²) in [6.45, 7) is -0.0935. The van der Waals surface area contributed by atoms with E-state index >= 15 is 0 Å². The summed E-state index contributed by atoms with van der Waals surface area (Å²) < 4.78 is 0. The molecule has 0 spiro atoms. The average molecular weight is 517 g/mol. The largest absolute Gasteiger partial charge is 0.354 e. The third-order valence-corrected chi connectivity index (χ3v) is 6.49. The van der Waals surface area contributed by atoms with E-state index in [4.69, 9.17) is 0 Å². The molecule has 3 amide bonds. The molecule has 0 aromatic heterocycles. The van der Waals surface area contributed by atoms with Crippen molar-refractivity contribution < 1.29 is 14.4 Å². The highest BCUT2D eigenvalue weighted by atomic mass is 16.2. The minimum absolute atomic E-state index is 0.0935. The summed E-state index contributed by atoms with van der Waals surface area (Å²) in [5.41, 5.74) is 5.49. The number of fused-ring (bicyclic) bond motifs is 1. The van der Waals surface area contributed by atoms with Gasteiger partial charge in [0, 0.05) is 42.3 Å². The summed E-state index contributed by atoms with van der Waals surface area (Å²) in [6.07, 6.45) is 0. The maximum atomic E-state index is 13.4. The predicted molar refractivity (Wildman–Crippen MR) is 155 cm³/mol. The van der Waals surface area contributed by atoms with Crippen LogP contribution in [0.4, 0.5) is 17.1 Å². The summed E-state index contributed by atoms with van der Waals surface area (Å²) in [7, 11) is 3.33. The van der Waals surface area contributed by atoms with Crippen LogP contribution in [-0.4, -0.2) is 43.3 Å². The van der Waals surface area contributed by atoms with Crippen LogP contribution in [0.1, 0.15) is 21.5 Å². The molecule has 1 aliphatic heterocycles. The third kappa shape index (κ3) is 5.43. The number of likely N-dealkylation sites (N-methyl/N-ethyl adjacent to an activating group) is 1. The van der Waals surface area contributed by atoms with Crippen LogP contribution in [0.2, 0.25) is 0 Å². The topological polar surface area (TPSA) is 81.8 Å². The first-order chi connectivity index (χ1) is 18.9. The molecular weight excluding hydrogens is 488 g/mol. The van der Waals surface area contributed by atoms with Gasteiger partial charge in [0.2, 0.25) is 5.91 Å². The van der Waals surface area contributed by atoms with E-state index in [0.29, 0.717) is 22.5 Å². The minimum atomic E-state index is -0.266. The number of nitrogens with zero attached hydrogens (tertiary/aromatic N) is 2. The summed E-state index contributed by atoms with van der Waals surface area (Å²) in [5.74, 6) is -0.637. The van der Waals surface area contributed by atoms with Gasteiger partial charge in [-0.1, -0.05) is 66.7 Å². The zero-order valence-electron chi connectivity index (χ0n) is 21.7. The van der Waals surface area contributed by atoms with E-state index in [9.17, 15) is 14.4 Å². The Bertz CT molecular complexity index is 1550. The molecule has 194 valence electrons. The lowest BCUT2D eigenvalue weighted by Crippen LogP contribution is -2.40. The first-order valence-corrected chi connectivity index (χ1v) is 12.6. The normalized spacial score (nSPS) is 13.2. The maximum absolute atomic E-state index is 13.4. The Labute approximate surface area is 227 Å². The number of carbonyl (C=O) groups excluding carboxylic acids is 3. The quantitative estimate of drug-likeness (QED) is 0.324. The second-order valence-electron chi connectivity index (χ2n) is 9.33. The third-order valence-electron chi connectivity index (χ3n) is 6.49. The van der Waals surface area contributed by atoms with Gasteiger partial charge in [0.1, 0.15) is 6.54 Å². The van der Waals surface area contributed by atoms with Crippen molar-refractivity contribution in [3.05, 3.63) is 126 Å². The fourth-order valence-corrected chi connectivity index (χ4v) is 4.41. The van der Waals surface area contributed by atoms with Gasteiger partial charge < -0.3 is 15.5 Å². The number of para-hydroxylation sites is 1. The van der Waals surface area contributed by atoms with Gasteiger partial charge in [0.05, 0.1) is 11.3 Å². The zero-order chi connectivity index (χ0) is 27.4. The first-order valence-electron chi connectivity index (χ1n) is 12.6. The molecule has 4 aromatic carbocycles. The van der Waals surface area contributed by atoms with Crippen LogP contribution >= 0.6 is 0 Å². The molecule has 0 saturated carbocycles. The fraction of sp³-hybridized carbons (Fsp3) is 0.0938. The lowest BCUT2D eigenvalue weighted by Gasteiger charge is -2.24. The monoisotopic (exact) mass is 516 g/mol. The van der Waals surface area contributed by atoms with Crippen LogP contribution in [0.3, 0.4) is 0 Å². The van der Waals surface area contributed by atoms with Crippen molar-refractivity contribution in [1.82, 2.24) is 4.90 Å². The number of benzene rings is 4. The molecule has 0 aliphatic carbocycles. The molecule has 4 aromatic rings.